The van der Waals surface area contributed by atoms with E-state index < -0.39 is 11.7 Å². The largest absolute Gasteiger partial charge is 0.416 e. The Morgan fingerprint density at radius 2 is 2.20 bits per heavy atom. The summed E-state index contributed by atoms with van der Waals surface area (Å²) in [6, 6.07) is 3.29. The molecule has 1 fully saturated rings. The van der Waals surface area contributed by atoms with Gasteiger partial charge in [-0.15, -0.1) is 0 Å². The maximum Gasteiger partial charge on any atom is 0.416 e. The lowest BCUT2D eigenvalue weighted by atomic mass is 10.2. The Morgan fingerprint density at radius 1 is 1.45 bits per heavy atom. The third-order valence-corrected chi connectivity index (χ3v) is 3.47. The van der Waals surface area contributed by atoms with E-state index >= 15 is 0 Å². The maximum atomic E-state index is 12.5. The molecular formula is C13H16ClF3N2O. The quantitative estimate of drug-likeness (QED) is 0.928. The molecule has 1 saturated heterocycles. The van der Waals surface area contributed by atoms with Crippen molar-refractivity contribution in [3.8, 4) is 0 Å². The van der Waals surface area contributed by atoms with Crippen LogP contribution in [0.5, 0.6) is 0 Å². The number of nitrogens with one attached hydrogen (secondary N) is 1. The highest BCUT2D eigenvalue weighted by Gasteiger charge is 2.30. The highest BCUT2D eigenvalue weighted by atomic mass is 35.5. The number of ether oxygens (including phenoxy) is 1. The summed E-state index contributed by atoms with van der Waals surface area (Å²) >= 11 is 5.87. The second-order valence-electron chi connectivity index (χ2n) is 4.83. The predicted octanol–water partition coefficient (Wildman–Crippen LogP) is 3.10. The van der Waals surface area contributed by atoms with Crippen molar-refractivity contribution >= 4 is 17.3 Å². The monoisotopic (exact) mass is 308 g/mol. The first-order valence-corrected chi connectivity index (χ1v) is 6.65. The zero-order chi connectivity index (χ0) is 14.8. The summed E-state index contributed by atoms with van der Waals surface area (Å²) in [4.78, 5) is 2.14. The average molecular weight is 309 g/mol. The maximum absolute atomic E-state index is 12.5. The summed E-state index contributed by atoms with van der Waals surface area (Å²) in [5, 5.41) is 3.09. The molecule has 112 valence electrons. The first-order chi connectivity index (χ1) is 9.36. The van der Waals surface area contributed by atoms with Crippen LogP contribution in [-0.4, -0.2) is 44.3 Å². The minimum absolute atomic E-state index is 0.00658. The van der Waals surface area contributed by atoms with Gasteiger partial charge in [0.2, 0.25) is 0 Å². The van der Waals surface area contributed by atoms with Gasteiger partial charge < -0.3 is 15.0 Å². The van der Waals surface area contributed by atoms with Crippen LogP contribution >= 0.6 is 11.6 Å². The van der Waals surface area contributed by atoms with E-state index in [4.69, 9.17) is 16.3 Å². The zero-order valence-electron chi connectivity index (χ0n) is 11.0. The van der Waals surface area contributed by atoms with Crippen LogP contribution in [0.1, 0.15) is 5.56 Å². The highest BCUT2D eigenvalue weighted by molar-refractivity contribution is 6.33. The van der Waals surface area contributed by atoms with Crippen LogP contribution in [0.2, 0.25) is 5.02 Å². The van der Waals surface area contributed by atoms with Crippen molar-refractivity contribution < 1.29 is 17.9 Å². The molecule has 1 aliphatic rings. The number of hydrogen-bond donors (Lipinski definition) is 1. The van der Waals surface area contributed by atoms with Gasteiger partial charge in [-0.25, -0.2) is 0 Å². The van der Waals surface area contributed by atoms with Crippen LogP contribution in [0.4, 0.5) is 18.9 Å². The second-order valence-corrected chi connectivity index (χ2v) is 5.24. The van der Waals surface area contributed by atoms with Gasteiger partial charge in [-0.1, -0.05) is 11.6 Å². The van der Waals surface area contributed by atoms with Crippen molar-refractivity contribution in [3.05, 3.63) is 28.8 Å². The van der Waals surface area contributed by atoms with Crippen LogP contribution in [0.3, 0.4) is 0 Å². The molecule has 0 amide bonds. The third-order valence-electron chi connectivity index (χ3n) is 3.16. The molecule has 20 heavy (non-hydrogen) atoms. The molecule has 7 heteroatoms. The van der Waals surface area contributed by atoms with E-state index in [0.717, 1.165) is 25.2 Å². The van der Waals surface area contributed by atoms with Gasteiger partial charge in [0, 0.05) is 19.6 Å². The van der Waals surface area contributed by atoms with Gasteiger partial charge in [0.25, 0.3) is 0 Å². The number of likely N-dealkylation sites (N-methyl/N-ethyl adjacent to an activating group) is 1. The van der Waals surface area contributed by atoms with Gasteiger partial charge >= 0.3 is 6.18 Å². The highest BCUT2D eigenvalue weighted by Crippen LogP contribution is 2.33. The van der Waals surface area contributed by atoms with Crippen molar-refractivity contribution in [1.29, 1.82) is 0 Å². The molecule has 1 atom stereocenters. The Labute approximate surface area is 120 Å². The van der Waals surface area contributed by atoms with Crippen LogP contribution in [0.25, 0.3) is 0 Å². The predicted molar refractivity (Wildman–Crippen MR) is 72.2 cm³/mol. The van der Waals surface area contributed by atoms with Crippen molar-refractivity contribution in [2.75, 3.05) is 38.6 Å². The average Bonchev–Trinajstić information content (AvgIpc) is 2.36. The Bertz CT molecular complexity index is 467. The smallest absolute Gasteiger partial charge is 0.381 e. The third kappa shape index (κ3) is 4.01. The van der Waals surface area contributed by atoms with E-state index in [1.54, 1.807) is 0 Å². The lowest BCUT2D eigenvalue weighted by Crippen LogP contribution is -2.43. The second kappa shape index (κ2) is 6.20. The Kier molecular flexibility index (Phi) is 4.78. The van der Waals surface area contributed by atoms with E-state index in [9.17, 15) is 13.2 Å². The van der Waals surface area contributed by atoms with Gasteiger partial charge in [0.1, 0.15) is 0 Å². The molecule has 2 rings (SSSR count). The van der Waals surface area contributed by atoms with Gasteiger partial charge in [0.05, 0.1) is 29.0 Å². The lowest BCUT2D eigenvalue weighted by molar-refractivity contribution is -0.137. The minimum Gasteiger partial charge on any atom is -0.381 e. The molecule has 1 aromatic rings. The van der Waals surface area contributed by atoms with Gasteiger partial charge in [-0.3, -0.25) is 0 Å². The molecule has 3 nitrogen and oxygen atoms in total. The number of hydrogen-bond acceptors (Lipinski definition) is 3. The lowest BCUT2D eigenvalue weighted by Gasteiger charge is -2.30. The first-order valence-electron chi connectivity index (χ1n) is 6.27. The molecule has 0 spiro atoms. The summed E-state index contributed by atoms with van der Waals surface area (Å²) in [6.45, 7) is 2.84. The molecule has 1 unspecified atom stereocenters. The van der Waals surface area contributed by atoms with E-state index in [1.165, 1.54) is 6.07 Å². The van der Waals surface area contributed by atoms with Gasteiger partial charge in [-0.2, -0.15) is 13.2 Å². The zero-order valence-corrected chi connectivity index (χ0v) is 11.8. The summed E-state index contributed by atoms with van der Waals surface area (Å²) in [5.41, 5.74) is -0.266. The van der Waals surface area contributed by atoms with E-state index in [0.29, 0.717) is 18.8 Å². The van der Waals surface area contributed by atoms with Crippen molar-refractivity contribution in [2.45, 2.75) is 12.3 Å². The molecule has 0 aromatic heterocycles. The van der Waals surface area contributed by atoms with E-state index in [2.05, 4.69) is 10.2 Å². The fourth-order valence-electron chi connectivity index (χ4n) is 2.05. The number of anilines is 1. The Balaban J connectivity index is 1.96. The van der Waals surface area contributed by atoms with Gasteiger partial charge in [-0.05, 0) is 25.2 Å². The molecular weight excluding hydrogens is 293 g/mol. The fourth-order valence-corrected chi connectivity index (χ4v) is 2.30. The van der Waals surface area contributed by atoms with Crippen LogP contribution in [0.15, 0.2) is 18.2 Å². The number of alkyl halides is 3. The number of rotatable bonds is 3. The standard InChI is InChI=1S/C13H16ClF3N2O/c1-19-4-5-20-10(8-19)7-18-12-3-2-9(6-11(12)14)13(15,16)17/h2-3,6,10,18H,4-5,7-8H2,1H3. The van der Waals surface area contributed by atoms with Gasteiger partial charge in [0.15, 0.2) is 0 Å². The number of benzene rings is 1. The summed E-state index contributed by atoms with van der Waals surface area (Å²) < 4.78 is 43.1. The van der Waals surface area contributed by atoms with Crippen molar-refractivity contribution in [2.24, 2.45) is 0 Å². The number of morpholine rings is 1. The Hall–Kier alpha value is -0.980. The number of nitrogens with zero attached hydrogens (tertiary/aromatic N) is 1. The summed E-state index contributed by atoms with van der Waals surface area (Å²) in [6.07, 6.45) is -4.37. The first kappa shape index (κ1) is 15.4. The van der Waals surface area contributed by atoms with E-state index in [1.807, 2.05) is 7.05 Å². The molecule has 0 radical (unpaired) electrons. The summed E-state index contributed by atoms with van der Waals surface area (Å²) in [5.74, 6) is 0. The van der Waals surface area contributed by atoms with Crippen molar-refractivity contribution in [3.63, 3.8) is 0 Å². The topological polar surface area (TPSA) is 24.5 Å². The molecule has 1 heterocycles. The van der Waals surface area contributed by atoms with E-state index in [-0.39, 0.29) is 11.1 Å². The number of halogens is 4. The molecule has 1 aliphatic heterocycles. The molecule has 0 aliphatic carbocycles. The molecule has 0 bridgehead atoms. The SMILES string of the molecule is CN1CCOC(CNc2ccc(C(F)(F)F)cc2Cl)C1. The van der Waals surface area contributed by atoms with Crippen LogP contribution in [-0.2, 0) is 10.9 Å². The van der Waals surface area contributed by atoms with Crippen LogP contribution in [0, 0.1) is 0 Å². The molecule has 1 N–H and O–H groups in total. The molecule has 0 saturated carbocycles. The Morgan fingerprint density at radius 3 is 2.80 bits per heavy atom. The minimum atomic E-state index is -4.38. The van der Waals surface area contributed by atoms with Crippen LogP contribution < -0.4 is 5.32 Å². The normalized spacial score (nSPS) is 20.9. The molecule has 1 aromatic carbocycles. The fraction of sp³-hybridized carbons (Fsp3) is 0.538. The van der Waals surface area contributed by atoms with Crippen molar-refractivity contribution in [1.82, 2.24) is 4.90 Å². The summed E-state index contributed by atoms with van der Waals surface area (Å²) in [7, 11) is 2.00.